The number of nitrogens with zero attached hydrogens (tertiary/aromatic N) is 7. The molecule has 0 saturated carbocycles. The van der Waals surface area contributed by atoms with Crippen molar-refractivity contribution in [2.45, 2.75) is 25.4 Å². The number of hydrogen-bond acceptors (Lipinski definition) is 10. The minimum Gasteiger partial charge on any atom is -0.378 e. The second-order valence-electron chi connectivity index (χ2n) is 10.6. The maximum absolute atomic E-state index is 5.60. The van der Waals surface area contributed by atoms with Gasteiger partial charge in [-0.1, -0.05) is 30.3 Å². The van der Waals surface area contributed by atoms with E-state index < -0.39 is 0 Å². The first-order chi connectivity index (χ1) is 19.6. The number of nitrogens with one attached hydrogen (secondary N) is 2. The van der Waals surface area contributed by atoms with Crippen molar-refractivity contribution in [3.05, 3.63) is 66.5 Å². The van der Waals surface area contributed by atoms with Crippen molar-refractivity contribution in [2.24, 2.45) is 0 Å². The predicted octanol–water partition coefficient (Wildman–Crippen LogP) is 4.14. The molecule has 2 N–H and O–H groups in total. The van der Waals surface area contributed by atoms with E-state index >= 15 is 0 Å². The quantitative estimate of drug-likeness (QED) is 0.340. The summed E-state index contributed by atoms with van der Waals surface area (Å²) in [6.07, 6.45) is 6.10. The Morgan fingerprint density at radius 3 is 2.38 bits per heavy atom. The molecule has 6 rings (SSSR count). The first kappa shape index (κ1) is 26.2. The molecule has 208 valence electrons. The molecule has 0 amide bonds. The molecule has 0 unspecified atom stereocenters. The molecule has 1 aromatic carbocycles. The Bertz CT molecular complexity index is 1400. The van der Waals surface area contributed by atoms with Crippen LogP contribution in [-0.2, 0) is 11.3 Å². The normalized spacial score (nSPS) is 16.5. The molecule has 0 spiro atoms. The Labute approximate surface area is 235 Å². The maximum Gasteiger partial charge on any atom is 0.225 e. The molecule has 4 aromatic rings. The number of fused-ring (bicyclic) bond motifs is 1. The van der Waals surface area contributed by atoms with Gasteiger partial charge in [0.05, 0.1) is 36.8 Å². The minimum atomic E-state index is 0.590. The summed E-state index contributed by atoms with van der Waals surface area (Å²) in [6.45, 7) is 5.67. The summed E-state index contributed by atoms with van der Waals surface area (Å²) >= 11 is 0. The molecule has 0 bridgehead atoms. The van der Waals surface area contributed by atoms with Crippen molar-refractivity contribution in [1.29, 1.82) is 0 Å². The second-order valence-corrected chi connectivity index (χ2v) is 10.6. The van der Waals surface area contributed by atoms with Crippen LogP contribution in [0.15, 0.2) is 60.9 Å². The van der Waals surface area contributed by atoms with E-state index in [2.05, 4.69) is 62.6 Å². The Hall–Kier alpha value is -4.02. The highest BCUT2D eigenvalue weighted by atomic mass is 16.5. The molecule has 0 aliphatic carbocycles. The first-order valence-corrected chi connectivity index (χ1v) is 14.0. The van der Waals surface area contributed by atoms with Crippen molar-refractivity contribution < 1.29 is 4.74 Å². The lowest BCUT2D eigenvalue weighted by atomic mass is 10.0. The van der Waals surface area contributed by atoms with Crippen molar-refractivity contribution in [3.63, 3.8) is 0 Å². The van der Waals surface area contributed by atoms with Crippen LogP contribution in [0.3, 0.4) is 0 Å². The van der Waals surface area contributed by atoms with Crippen LogP contribution in [0.4, 0.5) is 29.1 Å². The summed E-state index contributed by atoms with van der Waals surface area (Å²) in [4.78, 5) is 26.1. The average Bonchev–Trinajstić information content (AvgIpc) is 3.01. The number of piperidine rings is 1. The molecule has 2 fully saturated rings. The lowest BCUT2D eigenvalue weighted by Crippen LogP contribution is -2.42. The van der Waals surface area contributed by atoms with Gasteiger partial charge in [0.15, 0.2) is 0 Å². The van der Waals surface area contributed by atoms with Crippen LogP contribution in [-0.4, -0.2) is 84.4 Å². The summed E-state index contributed by atoms with van der Waals surface area (Å²) < 4.78 is 5.60. The van der Waals surface area contributed by atoms with Crippen LogP contribution in [0.5, 0.6) is 0 Å². The highest BCUT2D eigenvalue weighted by molar-refractivity contribution is 5.92. The van der Waals surface area contributed by atoms with Crippen LogP contribution in [0.2, 0.25) is 0 Å². The zero-order valence-corrected chi connectivity index (χ0v) is 23.3. The van der Waals surface area contributed by atoms with Gasteiger partial charge < -0.3 is 30.1 Å². The van der Waals surface area contributed by atoms with Gasteiger partial charge >= 0.3 is 0 Å². The SMILES string of the molecule is CN(C)C1CCN(c2ccc(Nc3cc4c(N5CCOCC5)nc(NCc5ccccc5)nc4cn3)nc2)CC1. The largest absolute Gasteiger partial charge is 0.378 e. The Kier molecular flexibility index (Phi) is 7.87. The number of anilines is 5. The third-order valence-corrected chi connectivity index (χ3v) is 7.73. The van der Waals surface area contributed by atoms with E-state index in [4.69, 9.17) is 19.7 Å². The molecule has 40 heavy (non-hydrogen) atoms. The van der Waals surface area contributed by atoms with E-state index in [9.17, 15) is 0 Å². The van der Waals surface area contributed by atoms with Gasteiger partial charge in [0.25, 0.3) is 0 Å². The number of ether oxygens (including phenoxy) is 1. The molecular formula is C30H37N9O. The molecule has 0 atom stereocenters. The van der Waals surface area contributed by atoms with E-state index in [1.807, 2.05) is 36.5 Å². The van der Waals surface area contributed by atoms with Crippen LogP contribution < -0.4 is 20.4 Å². The van der Waals surface area contributed by atoms with Crippen LogP contribution in [0, 0.1) is 0 Å². The van der Waals surface area contributed by atoms with E-state index in [0.717, 1.165) is 54.4 Å². The molecule has 10 nitrogen and oxygen atoms in total. The van der Waals surface area contributed by atoms with Crippen molar-refractivity contribution in [1.82, 2.24) is 24.8 Å². The van der Waals surface area contributed by atoms with Gasteiger partial charge in [-0.05, 0) is 50.7 Å². The van der Waals surface area contributed by atoms with Crippen LogP contribution >= 0.6 is 0 Å². The number of morpholine rings is 1. The predicted molar refractivity (Wildman–Crippen MR) is 161 cm³/mol. The average molecular weight is 540 g/mol. The second kappa shape index (κ2) is 12.0. The van der Waals surface area contributed by atoms with Crippen molar-refractivity contribution >= 4 is 40.0 Å². The summed E-state index contributed by atoms with van der Waals surface area (Å²) in [5.74, 6) is 2.95. The highest BCUT2D eigenvalue weighted by Crippen LogP contribution is 2.29. The van der Waals surface area contributed by atoms with E-state index in [0.29, 0.717) is 37.6 Å². The zero-order chi connectivity index (χ0) is 27.3. The van der Waals surface area contributed by atoms with Crippen LogP contribution in [0.25, 0.3) is 10.9 Å². The molecule has 2 aliphatic rings. The Morgan fingerprint density at radius 2 is 1.65 bits per heavy atom. The summed E-state index contributed by atoms with van der Waals surface area (Å²) in [6, 6.07) is 17.1. The van der Waals surface area contributed by atoms with Gasteiger partial charge in [0.2, 0.25) is 5.95 Å². The van der Waals surface area contributed by atoms with Gasteiger partial charge in [-0.15, -0.1) is 0 Å². The maximum atomic E-state index is 5.60. The lowest BCUT2D eigenvalue weighted by molar-refractivity contribution is 0.122. The van der Waals surface area contributed by atoms with Crippen molar-refractivity contribution in [2.75, 3.05) is 73.9 Å². The molecule has 10 heteroatoms. The standard InChI is InChI=1S/C30H37N9O/c1-37(2)23-10-12-38(13-11-23)24-8-9-27(31-20-24)35-28-18-25-26(21-32-28)34-30(33-19-22-6-4-3-5-7-22)36-29(25)39-14-16-40-17-15-39/h3-9,18,20-21,23H,10-17,19H2,1-2H3,(H,31,32,35)(H,33,34,36). The van der Waals surface area contributed by atoms with Gasteiger partial charge in [-0.2, -0.15) is 4.98 Å². The molecule has 5 heterocycles. The van der Waals surface area contributed by atoms with E-state index in [1.54, 1.807) is 6.20 Å². The number of rotatable bonds is 8. The molecule has 0 radical (unpaired) electrons. The zero-order valence-electron chi connectivity index (χ0n) is 23.3. The lowest BCUT2D eigenvalue weighted by Gasteiger charge is -2.36. The van der Waals surface area contributed by atoms with Gasteiger partial charge in [-0.25, -0.2) is 15.0 Å². The topological polar surface area (TPSA) is 94.6 Å². The van der Waals surface area contributed by atoms with Crippen molar-refractivity contribution in [3.8, 4) is 0 Å². The number of hydrogen-bond donors (Lipinski definition) is 2. The fourth-order valence-electron chi connectivity index (χ4n) is 5.38. The summed E-state index contributed by atoms with van der Waals surface area (Å²) in [5, 5.41) is 7.71. The fraction of sp³-hybridized carbons (Fsp3) is 0.400. The van der Waals surface area contributed by atoms with E-state index in [1.165, 1.54) is 18.4 Å². The minimum absolute atomic E-state index is 0.590. The summed E-state index contributed by atoms with van der Waals surface area (Å²) in [5.41, 5.74) is 3.13. The third-order valence-electron chi connectivity index (χ3n) is 7.73. The number of pyridine rings is 2. The number of benzene rings is 1. The fourth-order valence-corrected chi connectivity index (χ4v) is 5.38. The van der Waals surface area contributed by atoms with Gasteiger partial charge in [-0.3, -0.25) is 0 Å². The number of aromatic nitrogens is 4. The van der Waals surface area contributed by atoms with E-state index in [-0.39, 0.29) is 0 Å². The molecule has 3 aromatic heterocycles. The molecule has 2 aliphatic heterocycles. The van der Waals surface area contributed by atoms with Gasteiger partial charge in [0, 0.05) is 44.2 Å². The smallest absolute Gasteiger partial charge is 0.225 e. The first-order valence-electron chi connectivity index (χ1n) is 14.0. The Morgan fingerprint density at radius 1 is 0.875 bits per heavy atom. The molecular weight excluding hydrogens is 502 g/mol. The highest BCUT2D eigenvalue weighted by Gasteiger charge is 2.21. The molecule has 2 saturated heterocycles. The van der Waals surface area contributed by atoms with Crippen LogP contribution in [0.1, 0.15) is 18.4 Å². The Balaban J connectivity index is 1.20. The third kappa shape index (κ3) is 6.08. The summed E-state index contributed by atoms with van der Waals surface area (Å²) in [7, 11) is 4.34. The van der Waals surface area contributed by atoms with Gasteiger partial charge in [0.1, 0.15) is 17.5 Å². The monoisotopic (exact) mass is 539 g/mol.